The van der Waals surface area contributed by atoms with Gasteiger partial charge >= 0.3 is 0 Å². The second-order valence-electron chi connectivity index (χ2n) is 6.93. The van der Waals surface area contributed by atoms with Crippen molar-refractivity contribution in [2.45, 2.75) is 69.1 Å². The van der Waals surface area contributed by atoms with Gasteiger partial charge in [0.05, 0.1) is 16.2 Å². The van der Waals surface area contributed by atoms with E-state index >= 15 is 0 Å². The van der Waals surface area contributed by atoms with Crippen molar-refractivity contribution in [3.05, 3.63) is 29.3 Å². The monoisotopic (exact) mass is 309 g/mol. The third-order valence-corrected chi connectivity index (χ3v) is 6.69. The summed E-state index contributed by atoms with van der Waals surface area (Å²) in [6, 6.07) is 5.79. The number of sulfone groups is 1. The maximum Gasteiger partial charge on any atom is 0.183 e. The molecule has 4 heteroatoms. The first-order chi connectivity index (χ1) is 9.73. The lowest BCUT2D eigenvalue weighted by molar-refractivity contribution is 0.491. The fraction of sp³-hybridized carbons (Fsp3) is 0.647. The molecule has 0 aromatic heterocycles. The van der Waals surface area contributed by atoms with Gasteiger partial charge in [-0.25, -0.2) is 8.42 Å². The van der Waals surface area contributed by atoms with Crippen LogP contribution in [0.3, 0.4) is 0 Å². The Morgan fingerprint density at radius 2 is 1.86 bits per heavy atom. The van der Waals surface area contributed by atoms with E-state index in [1.165, 1.54) is 5.56 Å². The number of nitrogens with one attached hydrogen (secondary N) is 1. The lowest BCUT2D eigenvalue weighted by Crippen LogP contribution is -2.31. The standard InChI is InChI=1S/C17H27NO2S/c1-6-10-18-16-13-11-12(17(3,4)5)8-9-15(13)21(19,20)14(16)7-2/h8-9,11,14,16,18H,6-7,10H2,1-5H3. The van der Waals surface area contributed by atoms with E-state index in [0.29, 0.717) is 11.3 Å². The lowest BCUT2D eigenvalue weighted by Gasteiger charge is -2.22. The van der Waals surface area contributed by atoms with Crippen LogP contribution in [0.2, 0.25) is 0 Å². The predicted octanol–water partition coefficient (Wildman–Crippen LogP) is 3.59. The van der Waals surface area contributed by atoms with Gasteiger partial charge < -0.3 is 5.32 Å². The van der Waals surface area contributed by atoms with Gasteiger partial charge in [0, 0.05) is 0 Å². The van der Waals surface area contributed by atoms with E-state index in [1.54, 1.807) is 0 Å². The minimum absolute atomic E-state index is 0.0262. The molecule has 1 aromatic carbocycles. The fourth-order valence-electron chi connectivity index (χ4n) is 3.06. The van der Waals surface area contributed by atoms with Crippen LogP contribution in [0.4, 0.5) is 0 Å². The van der Waals surface area contributed by atoms with Crippen LogP contribution in [-0.4, -0.2) is 20.2 Å². The average molecular weight is 309 g/mol. The number of rotatable bonds is 4. The molecule has 0 radical (unpaired) electrons. The predicted molar refractivity (Wildman–Crippen MR) is 87.4 cm³/mol. The van der Waals surface area contributed by atoms with Gasteiger partial charge in [0.1, 0.15) is 0 Å². The van der Waals surface area contributed by atoms with E-state index < -0.39 is 9.84 Å². The van der Waals surface area contributed by atoms with Crippen LogP contribution in [0.5, 0.6) is 0 Å². The van der Waals surface area contributed by atoms with Crippen LogP contribution in [0.25, 0.3) is 0 Å². The summed E-state index contributed by atoms with van der Waals surface area (Å²) in [5.74, 6) is 0. The van der Waals surface area contributed by atoms with Gasteiger partial charge in [-0.15, -0.1) is 0 Å². The third kappa shape index (κ3) is 2.88. The number of hydrogen-bond donors (Lipinski definition) is 1. The van der Waals surface area contributed by atoms with Crippen LogP contribution in [0.1, 0.15) is 64.6 Å². The molecule has 2 atom stereocenters. The SMILES string of the molecule is CCCNC1c2cc(C(C)(C)C)ccc2S(=O)(=O)C1CC. The Kier molecular flexibility index (Phi) is 4.50. The van der Waals surface area contributed by atoms with Gasteiger partial charge in [-0.3, -0.25) is 0 Å². The summed E-state index contributed by atoms with van der Waals surface area (Å²) in [5, 5.41) is 3.10. The van der Waals surface area contributed by atoms with Gasteiger partial charge in [-0.1, -0.05) is 46.8 Å². The van der Waals surface area contributed by atoms with Crippen molar-refractivity contribution < 1.29 is 8.42 Å². The molecule has 1 aliphatic rings. The molecule has 1 aliphatic heterocycles. The molecule has 1 N–H and O–H groups in total. The Bertz CT molecular complexity index is 614. The van der Waals surface area contributed by atoms with E-state index in [4.69, 9.17) is 0 Å². The zero-order chi connectivity index (χ0) is 15.8. The molecule has 0 spiro atoms. The third-order valence-electron chi connectivity index (χ3n) is 4.30. The minimum Gasteiger partial charge on any atom is -0.309 e. The van der Waals surface area contributed by atoms with Crippen LogP contribution >= 0.6 is 0 Å². The van der Waals surface area contributed by atoms with Crippen molar-refractivity contribution in [2.24, 2.45) is 0 Å². The second kappa shape index (κ2) is 5.73. The van der Waals surface area contributed by atoms with Crippen molar-refractivity contribution in [1.29, 1.82) is 0 Å². The first-order valence-electron chi connectivity index (χ1n) is 7.85. The second-order valence-corrected chi connectivity index (χ2v) is 9.06. The fourth-order valence-corrected chi connectivity index (χ4v) is 5.19. The highest BCUT2D eigenvalue weighted by atomic mass is 32.2. The zero-order valence-electron chi connectivity index (χ0n) is 13.7. The Hall–Kier alpha value is -0.870. The Balaban J connectivity index is 2.55. The number of hydrogen-bond acceptors (Lipinski definition) is 3. The van der Waals surface area contributed by atoms with Crippen molar-refractivity contribution in [3.63, 3.8) is 0 Å². The van der Waals surface area contributed by atoms with Crippen LogP contribution in [-0.2, 0) is 15.3 Å². The summed E-state index contributed by atoms with van der Waals surface area (Å²) in [6.07, 6.45) is 1.64. The van der Waals surface area contributed by atoms with E-state index in [2.05, 4.69) is 39.1 Å². The highest BCUT2D eigenvalue weighted by Gasteiger charge is 2.43. The van der Waals surface area contributed by atoms with Gasteiger partial charge in [0.15, 0.2) is 9.84 Å². The maximum absolute atomic E-state index is 12.7. The lowest BCUT2D eigenvalue weighted by atomic mass is 9.85. The maximum atomic E-state index is 12.7. The van der Waals surface area contributed by atoms with Gasteiger partial charge in [0.2, 0.25) is 0 Å². The summed E-state index contributed by atoms with van der Waals surface area (Å²) < 4.78 is 25.4. The first-order valence-corrected chi connectivity index (χ1v) is 9.39. The smallest absolute Gasteiger partial charge is 0.183 e. The topological polar surface area (TPSA) is 46.2 Å². The Morgan fingerprint density at radius 3 is 2.38 bits per heavy atom. The van der Waals surface area contributed by atoms with Crippen molar-refractivity contribution in [2.75, 3.05) is 6.54 Å². The Morgan fingerprint density at radius 1 is 1.19 bits per heavy atom. The normalized spacial score (nSPS) is 24.0. The molecule has 1 aromatic rings. The molecule has 0 bridgehead atoms. The number of fused-ring (bicyclic) bond motifs is 1. The molecule has 21 heavy (non-hydrogen) atoms. The van der Waals surface area contributed by atoms with E-state index in [-0.39, 0.29) is 16.7 Å². The molecule has 0 saturated carbocycles. The summed E-state index contributed by atoms with van der Waals surface area (Å²) in [6.45, 7) is 11.4. The van der Waals surface area contributed by atoms with Gasteiger partial charge in [-0.2, -0.15) is 0 Å². The summed E-state index contributed by atoms with van der Waals surface area (Å²) in [5.41, 5.74) is 2.18. The van der Waals surface area contributed by atoms with Crippen molar-refractivity contribution in [1.82, 2.24) is 5.32 Å². The van der Waals surface area contributed by atoms with Crippen molar-refractivity contribution >= 4 is 9.84 Å². The molecule has 0 fully saturated rings. The molecule has 2 unspecified atom stereocenters. The van der Waals surface area contributed by atoms with Gasteiger partial charge in [-0.05, 0) is 42.0 Å². The van der Waals surface area contributed by atoms with Crippen LogP contribution < -0.4 is 5.32 Å². The van der Waals surface area contributed by atoms with E-state index in [1.807, 2.05) is 19.1 Å². The largest absolute Gasteiger partial charge is 0.309 e. The van der Waals surface area contributed by atoms with Crippen LogP contribution in [0.15, 0.2) is 23.1 Å². The summed E-state index contributed by atoms with van der Waals surface area (Å²) in [4.78, 5) is 0.524. The summed E-state index contributed by atoms with van der Waals surface area (Å²) in [7, 11) is -3.20. The minimum atomic E-state index is -3.20. The molecule has 0 saturated heterocycles. The average Bonchev–Trinajstić information content (AvgIpc) is 2.62. The first kappa shape index (κ1) is 16.5. The van der Waals surface area contributed by atoms with Crippen LogP contribution in [0, 0.1) is 0 Å². The molecule has 118 valence electrons. The molecular formula is C17H27NO2S. The quantitative estimate of drug-likeness (QED) is 0.924. The molecule has 0 aliphatic carbocycles. The van der Waals surface area contributed by atoms with E-state index in [9.17, 15) is 8.42 Å². The summed E-state index contributed by atoms with van der Waals surface area (Å²) >= 11 is 0. The highest BCUT2D eigenvalue weighted by Crippen LogP contribution is 2.42. The highest BCUT2D eigenvalue weighted by molar-refractivity contribution is 7.92. The Labute approximate surface area is 129 Å². The van der Waals surface area contributed by atoms with E-state index in [0.717, 1.165) is 18.5 Å². The van der Waals surface area contributed by atoms with Crippen molar-refractivity contribution in [3.8, 4) is 0 Å². The molecule has 0 amide bonds. The van der Waals surface area contributed by atoms with Gasteiger partial charge in [0.25, 0.3) is 0 Å². The molecular weight excluding hydrogens is 282 g/mol. The zero-order valence-corrected chi connectivity index (χ0v) is 14.5. The number of benzene rings is 1. The molecule has 1 heterocycles. The molecule has 2 rings (SSSR count). The molecule has 3 nitrogen and oxygen atoms in total.